The topological polar surface area (TPSA) is 54.4 Å². The first-order valence-electron chi connectivity index (χ1n) is 3.10. The maximum atomic E-state index is 10.5. The summed E-state index contributed by atoms with van der Waals surface area (Å²) in [6, 6.07) is 0. The summed E-state index contributed by atoms with van der Waals surface area (Å²) >= 11 is 3.44. The molecule has 0 aliphatic heterocycles. The van der Waals surface area contributed by atoms with E-state index in [1.54, 1.807) is 0 Å². The Morgan fingerprint density at radius 1 is 1.67 bits per heavy atom. The molecule has 0 radical (unpaired) electrons. The minimum Gasteiger partial charge on any atom is -0.481 e. The minimum absolute atomic E-state index is 0.344. The summed E-state index contributed by atoms with van der Waals surface area (Å²) in [5.74, 6) is -1.58. The summed E-state index contributed by atoms with van der Waals surface area (Å²) in [5, 5.41) is 8.65. The van der Waals surface area contributed by atoms with Crippen LogP contribution >= 0.6 is 15.9 Å². The predicted octanol–water partition coefficient (Wildman–Crippen LogP) is 0.921. The minimum atomic E-state index is -0.927. The van der Waals surface area contributed by atoms with Crippen molar-refractivity contribution >= 4 is 38.0 Å². The Balaban J connectivity index is 2.98. The van der Waals surface area contributed by atoms with E-state index in [1.807, 2.05) is 0 Å². The van der Waals surface area contributed by atoms with E-state index in [2.05, 4.69) is 15.9 Å². The lowest BCUT2D eigenvalue weighted by Gasteiger charge is -2.09. The number of carboxylic acid groups (broad SMARTS) is 1. The normalized spacial score (nSPS) is 21.9. The molecule has 0 saturated heterocycles. The summed E-state index contributed by atoms with van der Waals surface area (Å²) in [7, 11) is 0. The Hall–Kier alpha value is -0.680. The highest BCUT2D eigenvalue weighted by Crippen LogP contribution is 2.22. The summed E-state index contributed by atoms with van der Waals surface area (Å²) < 4.78 is 10.8. The average molecular weight is 249 g/mol. The van der Waals surface area contributed by atoms with Gasteiger partial charge in [0.05, 0.1) is 16.1 Å². The van der Waals surface area contributed by atoms with Gasteiger partial charge in [0.25, 0.3) is 0 Å². The molecule has 0 bridgehead atoms. The third kappa shape index (κ3) is 1.92. The van der Waals surface area contributed by atoms with Crippen LogP contribution in [-0.2, 0) is 16.1 Å². The van der Waals surface area contributed by atoms with Crippen LogP contribution < -0.4 is 0 Å². The largest absolute Gasteiger partial charge is 0.481 e. The molecular weight excluding hydrogens is 244 g/mol. The average Bonchev–Trinajstić information content (AvgIpc) is 2.03. The van der Waals surface area contributed by atoms with Crippen LogP contribution in [0.25, 0.3) is 0 Å². The molecule has 0 spiro atoms. The molecule has 1 aliphatic rings. The van der Waals surface area contributed by atoms with Crippen LogP contribution in [0, 0.1) is 5.92 Å². The zero-order valence-electron chi connectivity index (χ0n) is 5.86. The molecule has 1 atom stereocenters. The van der Waals surface area contributed by atoms with Crippen LogP contribution in [0.4, 0.5) is 0 Å². The van der Waals surface area contributed by atoms with Crippen LogP contribution in [0.15, 0.2) is 22.7 Å². The lowest BCUT2D eigenvalue weighted by atomic mass is 10.0. The molecule has 64 valence electrons. The first-order chi connectivity index (χ1) is 5.65. The van der Waals surface area contributed by atoms with Crippen LogP contribution in [0.2, 0.25) is 0 Å². The second-order valence-corrected chi connectivity index (χ2v) is 3.74. The molecule has 1 aliphatic carbocycles. The molecule has 0 amide bonds. The second kappa shape index (κ2) is 3.82. The molecule has 5 heteroatoms. The summed E-state index contributed by atoms with van der Waals surface area (Å²) in [6.07, 6.45) is 4.52. The van der Waals surface area contributed by atoms with Gasteiger partial charge in [-0.2, -0.15) is 0 Å². The molecule has 1 unspecified atom stereocenters. The quantitative estimate of drug-likeness (QED) is 0.703. The van der Waals surface area contributed by atoms with Gasteiger partial charge in [-0.25, -0.2) is 4.21 Å². The smallest absolute Gasteiger partial charge is 0.315 e. The maximum Gasteiger partial charge on any atom is 0.315 e. The van der Waals surface area contributed by atoms with Gasteiger partial charge in [-0.3, -0.25) is 4.79 Å². The zero-order chi connectivity index (χ0) is 9.14. The third-order valence-corrected chi connectivity index (χ3v) is 2.56. The first-order valence-corrected chi connectivity index (χ1v) is 4.63. The molecule has 0 aromatic carbocycles. The number of hydrogen-bond acceptors (Lipinski definition) is 2. The SMILES string of the molecule is O=S=C1C=CC(C(=O)O)C(Br)=C1. The number of allylic oxidation sites excluding steroid dienone is 2. The third-order valence-electron chi connectivity index (χ3n) is 1.39. The van der Waals surface area contributed by atoms with E-state index in [1.165, 1.54) is 18.2 Å². The highest BCUT2D eigenvalue weighted by Gasteiger charge is 2.20. The highest BCUT2D eigenvalue weighted by molar-refractivity contribution is 9.11. The molecule has 1 rings (SSSR count). The van der Waals surface area contributed by atoms with Gasteiger partial charge in [0.1, 0.15) is 5.92 Å². The van der Waals surface area contributed by atoms with Crippen molar-refractivity contribution in [2.24, 2.45) is 5.92 Å². The number of hydrogen-bond donors (Lipinski definition) is 1. The highest BCUT2D eigenvalue weighted by atomic mass is 79.9. The predicted molar refractivity (Wildman–Crippen MR) is 50.4 cm³/mol. The van der Waals surface area contributed by atoms with Crippen molar-refractivity contribution in [1.82, 2.24) is 0 Å². The van der Waals surface area contributed by atoms with Gasteiger partial charge < -0.3 is 5.11 Å². The van der Waals surface area contributed by atoms with Gasteiger partial charge in [-0.15, -0.1) is 0 Å². The lowest BCUT2D eigenvalue weighted by molar-refractivity contribution is -0.138. The molecular formula is C7H5BrO3S. The van der Waals surface area contributed by atoms with E-state index >= 15 is 0 Å². The molecule has 1 N–H and O–H groups in total. The van der Waals surface area contributed by atoms with Crippen molar-refractivity contribution in [3.05, 3.63) is 22.7 Å². The van der Waals surface area contributed by atoms with Crippen LogP contribution in [0.3, 0.4) is 0 Å². The number of halogens is 1. The molecule has 0 aromatic heterocycles. The van der Waals surface area contributed by atoms with Gasteiger partial charge in [-0.1, -0.05) is 22.0 Å². The van der Waals surface area contributed by atoms with E-state index < -0.39 is 11.9 Å². The van der Waals surface area contributed by atoms with Crippen molar-refractivity contribution < 1.29 is 14.1 Å². The zero-order valence-corrected chi connectivity index (χ0v) is 8.26. The van der Waals surface area contributed by atoms with Gasteiger partial charge >= 0.3 is 5.97 Å². The lowest BCUT2D eigenvalue weighted by Crippen LogP contribution is -2.14. The molecule has 0 aromatic rings. The van der Waals surface area contributed by atoms with Crippen LogP contribution in [0.5, 0.6) is 0 Å². The number of aliphatic carboxylic acids is 1. The Labute approximate surface area is 81.0 Å². The van der Waals surface area contributed by atoms with E-state index in [-0.39, 0.29) is 0 Å². The van der Waals surface area contributed by atoms with Crippen molar-refractivity contribution in [3.63, 3.8) is 0 Å². The van der Waals surface area contributed by atoms with Crippen molar-refractivity contribution in [2.75, 3.05) is 0 Å². The van der Waals surface area contributed by atoms with Gasteiger partial charge in [0, 0.05) is 4.48 Å². The molecule has 0 fully saturated rings. The van der Waals surface area contributed by atoms with E-state index in [0.29, 0.717) is 20.6 Å². The standard InChI is InChI=1S/C7H5BrO3S/c8-6-3-4(12-11)1-2-5(6)7(9)10/h1-3,5H,(H,9,10). The van der Waals surface area contributed by atoms with Crippen LogP contribution in [0.1, 0.15) is 0 Å². The van der Waals surface area contributed by atoms with Gasteiger partial charge in [0.15, 0.2) is 0 Å². The van der Waals surface area contributed by atoms with E-state index in [0.717, 1.165) is 0 Å². The van der Waals surface area contributed by atoms with Crippen molar-refractivity contribution in [2.45, 2.75) is 0 Å². The Morgan fingerprint density at radius 2 is 2.33 bits per heavy atom. The van der Waals surface area contributed by atoms with Crippen LogP contribution in [-0.4, -0.2) is 20.1 Å². The Kier molecular flexibility index (Phi) is 2.99. The fraction of sp³-hybridized carbons (Fsp3) is 0.143. The number of rotatable bonds is 1. The summed E-state index contributed by atoms with van der Waals surface area (Å²) in [6.45, 7) is 0. The van der Waals surface area contributed by atoms with Gasteiger partial charge in [-0.05, 0) is 12.2 Å². The van der Waals surface area contributed by atoms with E-state index in [9.17, 15) is 9.00 Å². The first kappa shape index (κ1) is 9.41. The Bertz CT molecular complexity index is 326. The fourth-order valence-corrected chi connectivity index (χ4v) is 1.86. The van der Waals surface area contributed by atoms with Crippen molar-refractivity contribution in [1.29, 1.82) is 0 Å². The molecule has 0 saturated carbocycles. The van der Waals surface area contributed by atoms with Crippen molar-refractivity contribution in [3.8, 4) is 0 Å². The monoisotopic (exact) mass is 248 g/mol. The van der Waals surface area contributed by atoms with E-state index in [4.69, 9.17) is 5.11 Å². The number of carboxylic acids is 1. The molecule has 0 heterocycles. The van der Waals surface area contributed by atoms with Gasteiger partial charge in [0.2, 0.25) is 0 Å². The molecule has 3 nitrogen and oxygen atoms in total. The summed E-state index contributed by atoms with van der Waals surface area (Å²) in [5.41, 5.74) is 0. The maximum absolute atomic E-state index is 10.5. The second-order valence-electron chi connectivity index (χ2n) is 2.19. The number of carbonyl (C=O) groups is 1. The summed E-state index contributed by atoms with van der Waals surface area (Å²) in [4.78, 5) is 11.1. The fourth-order valence-electron chi connectivity index (χ4n) is 0.809. The molecule has 12 heavy (non-hydrogen) atoms. The Morgan fingerprint density at radius 3 is 2.75 bits per heavy atom.